The Morgan fingerprint density at radius 1 is 1.32 bits per heavy atom. The van der Waals surface area contributed by atoms with E-state index in [4.69, 9.17) is 11.5 Å². The molecule has 4 N–H and O–H groups in total. The summed E-state index contributed by atoms with van der Waals surface area (Å²) in [6.45, 7) is 1.50. The molecular weight excluding hydrogens is 280 g/mol. The van der Waals surface area contributed by atoms with E-state index in [1.807, 2.05) is 23.1 Å². The van der Waals surface area contributed by atoms with Crippen molar-refractivity contribution in [3.63, 3.8) is 0 Å². The van der Waals surface area contributed by atoms with Crippen molar-refractivity contribution in [2.45, 2.75) is 32.1 Å². The molecule has 0 bridgehead atoms. The number of nitrogens with zero attached hydrogens (tertiary/aromatic N) is 2. The average molecular weight is 304 g/mol. The van der Waals surface area contributed by atoms with Crippen LogP contribution in [0.3, 0.4) is 0 Å². The Morgan fingerprint density at radius 3 is 2.77 bits per heavy atom. The normalized spacial score (nSPS) is 22.4. The van der Waals surface area contributed by atoms with Crippen molar-refractivity contribution in [1.82, 2.24) is 9.88 Å². The van der Waals surface area contributed by atoms with Crippen LogP contribution in [0.25, 0.3) is 0 Å². The molecule has 22 heavy (non-hydrogen) atoms. The first-order valence-electron chi connectivity index (χ1n) is 7.72. The molecule has 1 aliphatic rings. The summed E-state index contributed by atoms with van der Waals surface area (Å²) < 4.78 is 0. The summed E-state index contributed by atoms with van der Waals surface area (Å²) in [4.78, 5) is 29.4. The highest BCUT2D eigenvalue weighted by atomic mass is 16.2. The summed E-state index contributed by atoms with van der Waals surface area (Å²) in [6.07, 6.45) is 5.80. The standard InChI is InChI=1S/C16H24N4O2/c17-14(21)11-20-10-4-8-16(12-20,15(18)22)7-3-6-13-5-1-2-9-19-13/h1-2,5,9H,3-4,6-8,10-12H2,(H2,17,21)(H2,18,22). The Morgan fingerprint density at radius 2 is 2.14 bits per heavy atom. The number of carbonyl (C=O) groups is 2. The second kappa shape index (κ2) is 7.35. The third kappa shape index (κ3) is 4.27. The van der Waals surface area contributed by atoms with Crippen molar-refractivity contribution < 1.29 is 9.59 Å². The minimum atomic E-state index is -0.553. The van der Waals surface area contributed by atoms with Crippen LogP contribution in [-0.4, -0.2) is 41.3 Å². The summed E-state index contributed by atoms with van der Waals surface area (Å²) in [6, 6.07) is 5.83. The predicted molar refractivity (Wildman–Crippen MR) is 83.7 cm³/mol. The highest BCUT2D eigenvalue weighted by molar-refractivity contribution is 5.81. The van der Waals surface area contributed by atoms with Crippen molar-refractivity contribution in [1.29, 1.82) is 0 Å². The molecule has 0 saturated carbocycles. The van der Waals surface area contributed by atoms with Gasteiger partial charge in [-0.2, -0.15) is 0 Å². The van der Waals surface area contributed by atoms with Gasteiger partial charge in [-0.25, -0.2) is 0 Å². The number of hydrogen-bond donors (Lipinski definition) is 2. The van der Waals surface area contributed by atoms with Gasteiger partial charge >= 0.3 is 0 Å². The fourth-order valence-electron chi connectivity index (χ4n) is 3.26. The van der Waals surface area contributed by atoms with Crippen LogP contribution in [0.15, 0.2) is 24.4 Å². The maximum absolute atomic E-state index is 12.0. The van der Waals surface area contributed by atoms with Gasteiger partial charge in [-0.1, -0.05) is 6.07 Å². The number of primary amides is 2. The molecule has 0 radical (unpaired) electrons. The lowest BCUT2D eigenvalue weighted by Crippen LogP contribution is -2.52. The third-order valence-electron chi connectivity index (χ3n) is 4.37. The number of likely N-dealkylation sites (tertiary alicyclic amines) is 1. The van der Waals surface area contributed by atoms with E-state index in [1.165, 1.54) is 0 Å². The van der Waals surface area contributed by atoms with E-state index in [9.17, 15) is 9.59 Å². The Kier molecular flexibility index (Phi) is 5.49. The van der Waals surface area contributed by atoms with Crippen molar-refractivity contribution in [3.05, 3.63) is 30.1 Å². The molecule has 120 valence electrons. The van der Waals surface area contributed by atoms with Crippen LogP contribution in [0.5, 0.6) is 0 Å². The molecule has 1 atom stereocenters. The number of rotatable bonds is 7. The molecule has 0 aromatic carbocycles. The van der Waals surface area contributed by atoms with Crippen molar-refractivity contribution in [3.8, 4) is 0 Å². The monoisotopic (exact) mass is 304 g/mol. The molecule has 6 heteroatoms. The van der Waals surface area contributed by atoms with Gasteiger partial charge in [0.15, 0.2) is 0 Å². The number of pyridine rings is 1. The van der Waals surface area contributed by atoms with Gasteiger partial charge in [0, 0.05) is 18.4 Å². The molecule has 1 aromatic rings. The van der Waals surface area contributed by atoms with E-state index < -0.39 is 5.41 Å². The first kappa shape index (κ1) is 16.4. The van der Waals surface area contributed by atoms with Crippen LogP contribution < -0.4 is 11.5 Å². The highest BCUT2D eigenvalue weighted by Gasteiger charge is 2.40. The second-order valence-electron chi connectivity index (χ2n) is 6.10. The number of aromatic nitrogens is 1. The molecule has 1 aromatic heterocycles. The Bertz CT molecular complexity index is 520. The number of carbonyl (C=O) groups excluding carboxylic acids is 2. The molecule has 2 heterocycles. The summed E-state index contributed by atoms with van der Waals surface area (Å²) in [5.41, 5.74) is 11.4. The van der Waals surface area contributed by atoms with Gasteiger partial charge in [0.05, 0.1) is 12.0 Å². The largest absolute Gasteiger partial charge is 0.369 e. The number of hydrogen-bond acceptors (Lipinski definition) is 4. The van der Waals surface area contributed by atoms with Crippen LogP contribution in [0.1, 0.15) is 31.4 Å². The van der Waals surface area contributed by atoms with Gasteiger partial charge in [0.25, 0.3) is 0 Å². The number of aryl methyl sites for hydroxylation is 1. The van der Waals surface area contributed by atoms with Crippen molar-refractivity contribution in [2.75, 3.05) is 19.6 Å². The van der Waals surface area contributed by atoms with Crippen LogP contribution in [-0.2, 0) is 16.0 Å². The molecule has 2 rings (SSSR count). The summed E-state index contributed by atoms with van der Waals surface area (Å²) in [7, 11) is 0. The topological polar surface area (TPSA) is 102 Å². The Balaban J connectivity index is 1.96. The second-order valence-corrected chi connectivity index (χ2v) is 6.10. The van der Waals surface area contributed by atoms with Crippen LogP contribution in [0, 0.1) is 5.41 Å². The summed E-state index contributed by atoms with van der Waals surface area (Å²) in [5, 5.41) is 0. The lowest BCUT2D eigenvalue weighted by atomic mass is 9.75. The van der Waals surface area contributed by atoms with Gasteiger partial charge < -0.3 is 11.5 Å². The quantitative estimate of drug-likeness (QED) is 0.763. The zero-order valence-corrected chi connectivity index (χ0v) is 12.8. The van der Waals surface area contributed by atoms with Gasteiger partial charge in [-0.05, 0) is 50.8 Å². The van der Waals surface area contributed by atoms with E-state index in [1.54, 1.807) is 6.20 Å². The zero-order chi connectivity index (χ0) is 16.0. The number of piperidine rings is 1. The fourth-order valence-corrected chi connectivity index (χ4v) is 3.26. The fraction of sp³-hybridized carbons (Fsp3) is 0.562. The minimum Gasteiger partial charge on any atom is -0.369 e. The molecular formula is C16H24N4O2. The minimum absolute atomic E-state index is 0.190. The lowest BCUT2D eigenvalue weighted by molar-refractivity contribution is -0.133. The molecule has 6 nitrogen and oxygen atoms in total. The van der Waals surface area contributed by atoms with Crippen molar-refractivity contribution in [2.24, 2.45) is 16.9 Å². The van der Waals surface area contributed by atoms with Gasteiger partial charge in [0.1, 0.15) is 0 Å². The number of amides is 2. The summed E-state index contributed by atoms with van der Waals surface area (Å²) >= 11 is 0. The molecule has 1 saturated heterocycles. The predicted octanol–water partition coefficient (Wildman–Crippen LogP) is 0.457. The van der Waals surface area contributed by atoms with Gasteiger partial charge in [0.2, 0.25) is 11.8 Å². The first-order valence-corrected chi connectivity index (χ1v) is 7.72. The van der Waals surface area contributed by atoms with E-state index in [0.29, 0.717) is 13.0 Å². The zero-order valence-electron chi connectivity index (χ0n) is 12.8. The van der Waals surface area contributed by atoms with Crippen molar-refractivity contribution >= 4 is 11.8 Å². The molecule has 1 aliphatic heterocycles. The number of nitrogens with two attached hydrogens (primary N) is 2. The van der Waals surface area contributed by atoms with Gasteiger partial charge in [-0.3, -0.25) is 19.5 Å². The lowest BCUT2D eigenvalue weighted by Gasteiger charge is -2.40. The van der Waals surface area contributed by atoms with Crippen LogP contribution in [0.2, 0.25) is 0 Å². The maximum Gasteiger partial charge on any atom is 0.231 e. The molecule has 1 unspecified atom stereocenters. The van der Waals surface area contributed by atoms with Crippen LogP contribution in [0.4, 0.5) is 0 Å². The molecule has 0 aliphatic carbocycles. The van der Waals surface area contributed by atoms with Crippen LogP contribution >= 0.6 is 0 Å². The average Bonchev–Trinajstić information content (AvgIpc) is 2.48. The SMILES string of the molecule is NC(=O)CN1CCCC(CCCc2ccccn2)(C(N)=O)C1. The van der Waals surface area contributed by atoms with E-state index in [2.05, 4.69) is 4.98 Å². The smallest absolute Gasteiger partial charge is 0.231 e. The first-order chi connectivity index (χ1) is 10.5. The summed E-state index contributed by atoms with van der Waals surface area (Å²) in [5.74, 6) is -0.642. The van der Waals surface area contributed by atoms with Gasteiger partial charge in [-0.15, -0.1) is 0 Å². The highest BCUT2D eigenvalue weighted by Crippen LogP contribution is 2.34. The molecule has 1 fully saturated rings. The molecule has 2 amide bonds. The van der Waals surface area contributed by atoms with E-state index in [-0.39, 0.29) is 18.4 Å². The Labute approximate surface area is 130 Å². The van der Waals surface area contributed by atoms with E-state index in [0.717, 1.165) is 37.9 Å². The molecule has 0 spiro atoms. The Hall–Kier alpha value is -1.95. The maximum atomic E-state index is 12.0. The third-order valence-corrected chi connectivity index (χ3v) is 4.37. The van der Waals surface area contributed by atoms with E-state index >= 15 is 0 Å².